The van der Waals surface area contributed by atoms with Gasteiger partial charge in [-0.25, -0.2) is 0 Å². The van der Waals surface area contributed by atoms with E-state index in [1.54, 1.807) is 0 Å². The van der Waals surface area contributed by atoms with Crippen LogP contribution in [0.25, 0.3) is 0 Å². The Labute approximate surface area is 111 Å². The highest BCUT2D eigenvalue weighted by Crippen LogP contribution is 2.32. The molecule has 1 saturated carbocycles. The Morgan fingerprint density at radius 3 is 2.50 bits per heavy atom. The molecule has 0 spiro atoms. The van der Waals surface area contributed by atoms with Gasteiger partial charge in [0, 0.05) is 26.1 Å². The van der Waals surface area contributed by atoms with Gasteiger partial charge in [-0.1, -0.05) is 19.8 Å². The van der Waals surface area contributed by atoms with Crippen LogP contribution in [0.3, 0.4) is 0 Å². The van der Waals surface area contributed by atoms with Gasteiger partial charge in [-0.15, -0.1) is 0 Å². The van der Waals surface area contributed by atoms with E-state index in [1.165, 1.54) is 12.8 Å². The van der Waals surface area contributed by atoms with Crippen LogP contribution < -0.4 is 5.73 Å². The molecular weight excluding hydrogens is 228 g/mol. The average molecular weight is 256 g/mol. The van der Waals surface area contributed by atoms with Crippen molar-refractivity contribution in [3.8, 4) is 0 Å². The normalized spacial score (nSPS) is 28.1. The van der Waals surface area contributed by atoms with E-state index in [0.29, 0.717) is 19.4 Å². The molecule has 4 nitrogen and oxygen atoms in total. The van der Waals surface area contributed by atoms with Crippen molar-refractivity contribution in [2.75, 3.05) is 20.1 Å². The molecule has 0 radical (unpaired) electrons. The van der Waals surface area contributed by atoms with Crippen LogP contribution in [0.1, 0.15) is 51.9 Å². The molecule has 0 aromatic carbocycles. The maximum Gasteiger partial charge on any atom is 0.225 e. The predicted octanol–water partition coefficient (Wildman–Crippen LogP) is 1.51. The summed E-state index contributed by atoms with van der Waals surface area (Å²) in [5, 5.41) is 10.0. The Morgan fingerprint density at radius 1 is 1.39 bits per heavy atom. The topological polar surface area (TPSA) is 66.6 Å². The molecular formula is C14H28N2O2. The summed E-state index contributed by atoms with van der Waals surface area (Å²) in [5.41, 5.74) is 4.83. The van der Waals surface area contributed by atoms with Crippen molar-refractivity contribution in [2.24, 2.45) is 11.7 Å². The fourth-order valence-corrected chi connectivity index (χ4v) is 2.63. The second kappa shape index (κ2) is 7.10. The van der Waals surface area contributed by atoms with Crippen LogP contribution >= 0.6 is 0 Å². The summed E-state index contributed by atoms with van der Waals surface area (Å²) in [6, 6.07) is 0. The molecule has 0 aromatic heterocycles. The van der Waals surface area contributed by atoms with Crippen LogP contribution in [0.2, 0.25) is 0 Å². The number of carbonyl (C=O) groups is 1. The Morgan fingerprint density at radius 2 is 2.00 bits per heavy atom. The molecule has 0 heterocycles. The lowest BCUT2D eigenvalue weighted by Gasteiger charge is -2.35. The minimum absolute atomic E-state index is 0.0865. The molecule has 3 N–H and O–H groups in total. The molecule has 0 atom stereocenters. The molecule has 0 aromatic rings. The smallest absolute Gasteiger partial charge is 0.225 e. The van der Waals surface area contributed by atoms with Crippen molar-refractivity contribution in [3.63, 3.8) is 0 Å². The van der Waals surface area contributed by atoms with Crippen LogP contribution in [0.5, 0.6) is 0 Å². The molecule has 106 valence electrons. The summed E-state index contributed by atoms with van der Waals surface area (Å²) < 4.78 is 0. The first-order chi connectivity index (χ1) is 8.52. The summed E-state index contributed by atoms with van der Waals surface area (Å²) >= 11 is 0. The van der Waals surface area contributed by atoms with Crippen molar-refractivity contribution < 1.29 is 9.90 Å². The maximum atomic E-state index is 12.2. The minimum Gasteiger partial charge on any atom is -0.389 e. The Kier molecular flexibility index (Phi) is 6.09. The molecule has 0 bridgehead atoms. The summed E-state index contributed by atoms with van der Waals surface area (Å²) in [4.78, 5) is 14.1. The Bertz CT molecular complexity index is 261. The van der Waals surface area contributed by atoms with Gasteiger partial charge >= 0.3 is 0 Å². The molecule has 0 aliphatic heterocycles. The number of unbranched alkanes of at least 4 members (excludes halogenated alkanes) is 2. The molecule has 4 heteroatoms. The number of hydrogen-bond donors (Lipinski definition) is 2. The van der Waals surface area contributed by atoms with E-state index in [4.69, 9.17) is 5.73 Å². The van der Waals surface area contributed by atoms with E-state index < -0.39 is 5.60 Å². The minimum atomic E-state index is -0.725. The van der Waals surface area contributed by atoms with Gasteiger partial charge < -0.3 is 15.7 Å². The van der Waals surface area contributed by atoms with Gasteiger partial charge in [-0.2, -0.15) is 0 Å². The van der Waals surface area contributed by atoms with Gasteiger partial charge in [0.25, 0.3) is 0 Å². The van der Waals surface area contributed by atoms with Crippen LogP contribution in [0.4, 0.5) is 0 Å². The lowest BCUT2D eigenvalue weighted by molar-refractivity contribution is -0.137. The molecule has 1 rings (SSSR count). The fourth-order valence-electron chi connectivity index (χ4n) is 2.63. The number of amides is 1. The fraction of sp³-hybridized carbons (Fsp3) is 0.929. The number of hydrogen-bond acceptors (Lipinski definition) is 3. The first-order valence-electron chi connectivity index (χ1n) is 7.20. The third-order valence-corrected chi connectivity index (χ3v) is 4.12. The second-order valence-electron chi connectivity index (χ2n) is 5.67. The van der Waals surface area contributed by atoms with Crippen LogP contribution in [0.15, 0.2) is 0 Å². The summed E-state index contributed by atoms with van der Waals surface area (Å²) in [6.07, 6.45) is 6.28. The average Bonchev–Trinajstić information content (AvgIpc) is 2.39. The second-order valence-corrected chi connectivity index (χ2v) is 5.67. The zero-order valence-corrected chi connectivity index (χ0v) is 11.8. The molecule has 1 aliphatic carbocycles. The molecule has 0 unspecified atom stereocenters. The van der Waals surface area contributed by atoms with E-state index in [0.717, 1.165) is 25.8 Å². The van der Waals surface area contributed by atoms with Crippen LogP contribution in [-0.2, 0) is 4.79 Å². The van der Waals surface area contributed by atoms with Gasteiger partial charge in [0.2, 0.25) is 5.91 Å². The molecule has 0 saturated heterocycles. The zero-order chi connectivity index (χ0) is 13.6. The van der Waals surface area contributed by atoms with E-state index in [-0.39, 0.29) is 11.8 Å². The van der Waals surface area contributed by atoms with Crippen molar-refractivity contribution in [2.45, 2.75) is 57.5 Å². The molecule has 1 amide bonds. The van der Waals surface area contributed by atoms with E-state index in [9.17, 15) is 9.90 Å². The number of aliphatic hydroxyl groups is 1. The highest BCUT2D eigenvalue weighted by atomic mass is 16.3. The van der Waals surface area contributed by atoms with E-state index in [1.807, 2.05) is 11.9 Å². The zero-order valence-electron chi connectivity index (χ0n) is 11.8. The van der Waals surface area contributed by atoms with Gasteiger partial charge in [0.05, 0.1) is 5.60 Å². The quantitative estimate of drug-likeness (QED) is 0.708. The lowest BCUT2D eigenvalue weighted by Crippen LogP contribution is -2.44. The lowest BCUT2D eigenvalue weighted by atomic mass is 9.78. The van der Waals surface area contributed by atoms with Crippen molar-refractivity contribution in [3.05, 3.63) is 0 Å². The summed E-state index contributed by atoms with van der Waals surface area (Å²) in [7, 11) is 1.89. The molecule has 1 aliphatic rings. The highest BCUT2D eigenvalue weighted by molar-refractivity contribution is 5.78. The maximum absolute atomic E-state index is 12.2. The number of nitrogens with two attached hydrogens (primary N) is 1. The Hall–Kier alpha value is -0.610. The standard InChI is InChI=1S/C14H28N2O2/c1-3-4-5-10-16(2)13(17)12-6-8-14(18,11-15)9-7-12/h12,18H,3-11,15H2,1-2H3. The Balaban J connectivity index is 2.35. The highest BCUT2D eigenvalue weighted by Gasteiger charge is 2.35. The molecule has 1 fully saturated rings. The first kappa shape index (κ1) is 15.4. The third kappa shape index (κ3) is 4.25. The van der Waals surface area contributed by atoms with Gasteiger partial charge in [-0.3, -0.25) is 4.79 Å². The first-order valence-corrected chi connectivity index (χ1v) is 7.20. The SMILES string of the molecule is CCCCCN(C)C(=O)C1CCC(O)(CN)CC1. The van der Waals surface area contributed by atoms with Crippen LogP contribution in [0, 0.1) is 5.92 Å². The van der Waals surface area contributed by atoms with Crippen molar-refractivity contribution >= 4 is 5.91 Å². The number of carbonyl (C=O) groups excluding carboxylic acids is 1. The van der Waals surface area contributed by atoms with Crippen LogP contribution in [-0.4, -0.2) is 41.7 Å². The monoisotopic (exact) mass is 256 g/mol. The van der Waals surface area contributed by atoms with Crippen molar-refractivity contribution in [1.29, 1.82) is 0 Å². The van der Waals surface area contributed by atoms with Crippen molar-refractivity contribution in [1.82, 2.24) is 4.90 Å². The van der Waals surface area contributed by atoms with Gasteiger partial charge in [0.15, 0.2) is 0 Å². The summed E-state index contributed by atoms with van der Waals surface area (Å²) in [5.74, 6) is 0.327. The van der Waals surface area contributed by atoms with Gasteiger partial charge in [0.1, 0.15) is 0 Å². The van der Waals surface area contributed by atoms with E-state index >= 15 is 0 Å². The third-order valence-electron chi connectivity index (χ3n) is 4.12. The number of rotatable bonds is 6. The molecule has 18 heavy (non-hydrogen) atoms. The van der Waals surface area contributed by atoms with Gasteiger partial charge in [-0.05, 0) is 32.1 Å². The number of nitrogens with zero attached hydrogens (tertiary/aromatic N) is 1. The summed E-state index contributed by atoms with van der Waals surface area (Å²) in [6.45, 7) is 3.32. The largest absolute Gasteiger partial charge is 0.389 e. The van der Waals surface area contributed by atoms with E-state index in [2.05, 4.69) is 6.92 Å². The predicted molar refractivity (Wildman–Crippen MR) is 73.1 cm³/mol.